The van der Waals surface area contributed by atoms with Crippen molar-refractivity contribution in [3.63, 3.8) is 0 Å². The largest absolute Gasteiger partial charge is 0.481 e. The Balaban J connectivity index is 1.70. The van der Waals surface area contributed by atoms with Gasteiger partial charge in [-0.3, -0.25) is 24.6 Å². The van der Waals surface area contributed by atoms with E-state index in [1.165, 1.54) is 23.9 Å². The maximum absolute atomic E-state index is 13.6. The highest BCUT2D eigenvalue weighted by atomic mass is 32.2. The number of carbonyl (C=O) groups is 2. The van der Waals surface area contributed by atoms with E-state index in [-0.39, 0.29) is 18.0 Å². The zero-order chi connectivity index (χ0) is 23.8. The van der Waals surface area contributed by atoms with Crippen LogP contribution in [0.4, 0.5) is 11.4 Å². The number of hydrogen-bond acceptors (Lipinski definition) is 5. The number of amides is 1. The summed E-state index contributed by atoms with van der Waals surface area (Å²) in [6, 6.07) is 23.3. The first kappa shape index (κ1) is 21.7. The lowest BCUT2D eigenvalue weighted by molar-refractivity contribution is -0.384. The van der Waals surface area contributed by atoms with Crippen molar-refractivity contribution in [2.45, 2.75) is 17.0 Å². The number of aromatic nitrogens is 1. The van der Waals surface area contributed by atoms with Gasteiger partial charge in [0, 0.05) is 28.6 Å². The van der Waals surface area contributed by atoms with Gasteiger partial charge >= 0.3 is 5.97 Å². The summed E-state index contributed by atoms with van der Waals surface area (Å²) in [6.45, 7) is 0. The van der Waals surface area contributed by atoms with E-state index in [9.17, 15) is 24.8 Å². The highest BCUT2D eigenvalue weighted by molar-refractivity contribution is 8.01. The summed E-state index contributed by atoms with van der Waals surface area (Å²) >= 11 is 1.25. The van der Waals surface area contributed by atoms with Gasteiger partial charge in [0.1, 0.15) is 5.37 Å². The molecular weight excluding hydrogens is 454 g/mol. The zero-order valence-corrected chi connectivity index (χ0v) is 18.6. The molecule has 34 heavy (non-hydrogen) atoms. The number of nitro benzene ring substituents is 1. The number of para-hydroxylation sites is 1. The lowest BCUT2D eigenvalue weighted by Crippen LogP contribution is -2.32. The number of fused-ring (bicyclic) bond motifs is 1. The number of aromatic amines is 1. The Labute approximate surface area is 198 Å². The van der Waals surface area contributed by atoms with E-state index in [4.69, 9.17) is 0 Å². The summed E-state index contributed by atoms with van der Waals surface area (Å²) in [5, 5.41) is 20.0. The smallest absolute Gasteiger partial charge is 0.305 e. The number of benzene rings is 3. The minimum atomic E-state index is -1.06. The van der Waals surface area contributed by atoms with Crippen LogP contribution in [0.2, 0.25) is 0 Å². The second kappa shape index (κ2) is 8.68. The molecule has 3 aromatic carbocycles. The van der Waals surface area contributed by atoms with Gasteiger partial charge in [0.15, 0.2) is 0 Å². The fourth-order valence-corrected chi connectivity index (χ4v) is 5.67. The number of nitrogens with one attached hydrogen (secondary N) is 1. The van der Waals surface area contributed by atoms with Crippen molar-refractivity contribution in [3.8, 4) is 11.3 Å². The van der Waals surface area contributed by atoms with Crippen molar-refractivity contribution in [3.05, 3.63) is 94.5 Å². The molecule has 2 heterocycles. The third-order valence-electron chi connectivity index (χ3n) is 5.77. The van der Waals surface area contributed by atoms with Gasteiger partial charge in [-0.15, -0.1) is 11.8 Å². The molecule has 1 aromatic heterocycles. The third kappa shape index (κ3) is 3.80. The maximum atomic E-state index is 13.6. The minimum absolute atomic E-state index is 0.0521. The molecule has 170 valence electrons. The van der Waals surface area contributed by atoms with E-state index < -0.39 is 21.5 Å². The fraction of sp³-hybridized carbons (Fsp3) is 0.120. The Kier molecular flexibility index (Phi) is 5.54. The number of nitro groups is 1. The van der Waals surface area contributed by atoms with Gasteiger partial charge in [-0.25, -0.2) is 0 Å². The number of nitrogens with zero attached hydrogens (tertiary/aromatic N) is 2. The molecule has 0 radical (unpaired) electrons. The predicted octanol–water partition coefficient (Wildman–Crippen LogP) is 5.37. The van der Waals surface area contributed by atoms with Gasteiger partial charge in [0.05, 0.1) is 28.0 Å². The number of carboxylic acid groups (broad SMARTS) is 1. The second-order valence-corrected chi connectivity index (χ2v) is 9.18. The van der Waals surface area contributed by atoms with Crippen LogP contribution in [0.1, 0.15) is 17.4 Å². The normalized spacial score (nSPS) is 17.9. The fourth-order valence-electron chi connectivity index (χ4n) is 4.25. The summed E-state index contributed by atoms with van der Waals surface area (Å²) in [5.74, 6) is -1.37. The molecule has 1 saturated heterocycles. The first-order valence-electron chi connectivity index (χ1n) is 10.5. The lowest BCUT2D eigenvalue weighted by atomic mass is 10.1. The average Bonchev–Trinajstić information content (AvgIpc) is 3.37. The first-order chi connectivity index (χ1) is 16.4. The van der Waals surface area contributed by atoms with Gasteiger partial charge in [0.2, 0.25) is 5.91 Å². The molecule has 9 heteroatoms. The number of aliphatic carboxylic acids is 1. The Bertz CT molecular complexity index is 1400. The van der Waals surface area contributed by atoms with Gasteiger partial charge < -0.3 is 10.1 Å². The summed E-state index contributed by atoms with van der Waals surface area (Å²) < 4.78 is 0. The number of thioether (sulfide) groups is 1. The van der Waals surface area contributed by atoms with E-state index >= 15 is 0 Å². The summed E-state index contributed by atoms with van der Waals surface area (Å²) in [4.78, 5) is 40.8. The van der Waals surface area contributed by atoms with Gasteiger partial charge in [-0.05, 0) is 23.8 Å². The molecule has 8 nitrogen and oxygen atoms in total. The lowest BCUT2D eigenvalue weighted by Gasteiger charge is -2.25. The van der Waals surface area contributed by atoms with Crippen LogP contribution < -0.4 is 4.90 Å². The molecular formula is C25H19N3O5S. The second-order valence-electron chi connectivity index (χ2n) is 7.89. The summed E-state index contributed by atoms with van der Waals surface area (Å²) in [7, 11) is 0. The van der Waals surface area contributed by atoms with E-state index in [0.717, 1.165) is 22.2 Å². The topological polar surface area (TPSA) is 117 Å². The quantitative estimate of drug-likeness (QED) is 0.287. The van der Waals surface area contributed by atoms with Crippen LogP contribution in [0.5, 0.6) is 0 Å². The van der Waals surface area contributed by atoms with Crippen molar-refractivity contribution >= 4 is 45.9 Å². The van der Waals surface area contributed by atoms with Crippen LogP contribution in [0.25, 0.3) is 22.2 Å². The standard InChI is InChI=1S/C25H19N3O5S/c29-21(30)14-20-24(31)27(25(34-20)16-10-12-17(13-11-16)28(32)33)23-18-8-4-5-9-19(18)26-22(23)15-6-2-1-3-7-15/h1-13,20,25-26H,14H2,(H,29,30). The summed E-state index contributed by atoms with van der Waals surface area (Å²) in [5.41, 5.74) is 3.77. The van der Waals surface area contributed by atoms with E-state index in [0.29, 0.717) is 11.3 Å². The van der Waals surface area contributed by atoms with Crippen LogP contribution >= 0.6 is 11.8 Å². The molecule has 4 aromatic rings. The van der Waals surface area contributed by atoms with E-state index in [2.05, 4.69) is 4.98 Å². The minimum Gasteiger partial charge on any atom is -0.481 e. The molecule has 0 aliphatic carbocycles. The molecule has 2 N–H and O–H groups in total. The van der Waals surface area contributed by atoms with Gasteiger partial charge in [-0.1, -0.05) is 48.5 Å². The number of carboxylic acids is 1. The Morgan fingerprint density at radius 2 is 1.71 bits per heavy atom. The van der Waals surface area contributed by atoms with Crippen LogP contribution in [0.15, 0.2) is 78.9 Å². The van der Waals surface area contributed by atoms with Crippen molar-refractivity contribution in [2.75, 3.05) is 4.90 Å². The average molecular weight is 474 g/mol. The van der Waals surface area contributed by atoms with E-state index in [1.54, 1.807) is 17.0 Å². The SMILES string of the molecule is O=C(O)CC1SC(c2ccc([N+](=O)[O-])cc2)N(c2c(-c3ccccc3)[nH]c3ccccc23)C1=O. The first-order valence-corrected chi connectivity index (χ1v) is 11.5. The molecule has 1 aliphatic rings. The Hall–Kier alpha value is -4.11. The molecule has 2 unspecified atom stereocenters. The van der Waals surface area contributed by atoms with Crippen LogP contribution in [0, 0.1) is 10.1 Å². The van der Waals surface area contributed by atoms with Crippen molar-refractivity contribution < 1.29 is 19.6 Å². The maximum Gasteiger partial charge on any atom is 0.305 e. The molecule has 1 amide bonds. The Morgan fingerprint density at radius 3 is 2.38 bits per heavy atom. The van der Waals surface area contributed by atoms with E-state index in [1.807, 2.05) is 54.6 Å². The van der Waals surface area contributed by atoms with Crippen molar-refractivity contribution in [1.29, 1.82) is 0 Å². The molecule has 0 bridgehead atoms. The van der Waals surface area contributed by atoms with Gasteiger partial charge in [0.25, 0.3) is 5.69 Å². The highest BCUT2D eigenvalue weighted by Gasteiger charge is 2.44. The van der Waals surface area contributed by atoms with Crippen LogP contribution in [-0.4, -0.2) is 32.1 Å². The van der Waals surface area contributed by atoms with Crippen LogP contribution in [0.3, 0.4) is 0 Å². The zero-order valence-electron chi connectivity index (χ0n) is 17.8. The number of hydrogen-bond donors (Lipinski definition) is 2. The van der Waals surface area contributed by atoms with Crippen molar-refractivity contribution in [1.82, 2.24) is 4.98 Å². The highest BCUT2D eigenvalue weighted by Crippen LogP contribution is 2.51. The third-order valence-corrected chi connectivity index (χ3v) is 7.21. The number of anilines is 1. The van der Waals surface area contributed by atoms with Gasteiger partial charge in [-0.2, -0.15) is 0 Å². The molecule has 2 atom stereocenters. The number of carbonyl (C=O) groups excluding carboxylic acids is 1. The number of non-ortho nitro benzene ring substituents is 1. The monoisotopic (exact) mass is 473 g/mol. The predicted molar refractivity (Wildman–Crippen MR) is 131 cm³/mol. The number of H-pyrrole nitrogens is 1. The molecule has 0 spiro atoms. The molecule has 1 fully saturated rings. The molecule has 5 rings (SSSR count). The summed E-state index contributed by atoms with van der Waals surface area (Å²) in [6.07, 6.45) is -0.313. The Morgan fingerprint density at radius 1 is 1.03 bits per heavy atom. The molecule has 1 aliphatic heterocycles. The molecule has 0 saturated carbocycles. The van der Waals surface area contributed by atoms with Crippen LogP contribution in [-0.2, 0) is 9.59 Å². The number of rotatable bonds is 6. The van der Waals surface area contributed by atoms with Crippen molar-refractivity contribution in [2.24, 2.45) is 0 Å².